The van der Waals surface area contributed by atoms with Crippen LogP contribution in [0.25, 0.3) is 0 Å². The van der Waals surface area contributed by atoms with Crippen LogP contribution in [0.2, 0.25) is 0 Å². The van der Waals surface area contributed by atoms with Crippen molar-refractivity contribution in [1.29, 1.82) is 0 Å². The van der Waals surface area contributed by atoms with Crippen molar-refractivity contribution in [2.24, 2.45) is 0 Å². The lowest BCUT2D eigenvalue weighted by atomic mass is 10.2. The smallest absolute Gasteiger partial charge is 0.255 e. The second-order valence-electron chi connectivity index (χ2n) is 5.73. The van der Waals surface area contributed by atoms with E-state index in [-0.39, 0.29) is 22.8 Å². The van der Waals surface area contributed by atoms with E-state index in [2.05, 4.69) is 10.0 Å². The average Bonchev–Trinajstić information content (AvgIpc) is 3.21. The van der Waals surface area contributed by atoms with Gasteiger partial charge in [0.15, 0.2) is 0 Å². The van der Waals surface area contributed by atoms with Crippen LogP contribution in [0.3, 0.4) is 0 Å². The lowest BCUT2D eigenvalue weighted by Crippen LogP contribution is -2.23. The molecule has 2 aromatic carbocycles. The molecule has 9 heteroatoms. The van der Waals surface area contributed by atoms with Crippen LogP contribution < -0.4 is 14.8 Å². The number of benzene rings is 2. The standard InChI is InChI=1S/C19H17FN2O4S2/c1-26-18-11-14(20)6-9-17(18)22-19(23)13-4-7-16(8-5-13)28(24,25)21-12-15-3-2-10-27-15/h2-11,21H,12H2,1H3,(H,22,23). The van der Waals surface area contributed by atoms with Crippen molar-refractivity contribution in [3.05, 3.63) is 76.2 Å². The van der Waals surface area contributed by atoms with E-state index >= 15 is 0 Å². The largest absolute Gasteiger partial charge is 0.494 e. The van der Waals surface area contributed by atoms with Gasteiger partial charge in [0.2, 0.25) is 10.0 Å². The predicted molar refractivity (Wildman–Crippen MR) is 106 cm³/mol. The van der Waals surface area contributed by atoms with Crippen molar-refractivity contribution < 1.29 is 22.3 Å². The van der Waals surface area contributed by atoms with Crippen molar-refractivity contribution in [2.45, 2.75) is 11.4 Å². The fraction of sp³-hybridized carbons (Fsp3) is 0.105. The van der Waals surface area contributed by atoms with Crippen LogP contribution in [-0.2, 0) is 16.6 Å². The zero-order valence-electron chi connectivity index (χ0n) is 14.8. The number of amides is 1. The van der Waals surface area contributed by atoms with E-state index in [1.54, 1.807) is 0 Å². The Labute approximate surface area is 166 Å². The van der Waals surface area contributed by atoms with E-state index in [1.807, 2.05) is 17.5 Å². The maximum Gasteiger partial charge on any atom is 0.255 e. The summed E-state index contributed by atoms with van der Waals surface area (Å²) in [6, 6.07) is 13.0. The van der Waals surface area contributed by atoms with Gasteiger partial charge in [-0.3, -0.25) is 4.79 Å². The molecule has 0 aliphatic heterocycles. The summed E-state index contributed by atoms with van der Waals surface area (Å²) in [7, 11) is -2.32. The van der Waals surface area contributed by atoms with Crippen LogP contribution in [0.1, 0.15) is 15.2 Å². The molecular weight excluding hydrogens is 403 g/mol. The Hall–Kier alpha value is -2.75. The first-order valence-electron chi connectivity index (χ1n) is 8.16. The number of thiophene rings is 1. The zero-order chi connectivity index (χ0) is 20.1. The molecule has 0 saturated heterocycles. The summed E-state index contributed by atoms with van der Waals surface area (Å²) >= 11 is 1.46. The molecule has 0 unspecified atom stereocenters. The van der Waals surface area contributed by atoms with E-state index in [4.69, 9.17) is 4.74 Å². The van der Waals surface area contributed by atoms with Gasteiger partial charge in [-0.2, -0.15) is 0 Å². The lowest BCUT2D eigenvalue weighted by molar-refractivity contribution is 0.102. The summed E-state index contributed by atoms with van der Waals surface area (Å²) in [5.41, 5.74) is 0.562. The second kappa shape index (κ2) is 8.51. The Morgan fingerprint density at radius 2 is 1.89 bits per heavy atom. The minimum Gasteiger partial charge on any atom is -0.494 e. The quantitative estimate of drug-likeness (QED) is 0.611. The highest BCUT2D eigenvalue weighted by molar-refractivity contribution is 7.89. The van der Waals surface area contributed by atoms with Gasteiger partial charge in [0, 0.05) is 23.1 Å². The molecule has 1 aromatic heterocycles. The molecule has 0 bridgehead atoms. The Bertz CT molecular complexity index is 1070. The lowest BCUT2D eigenvalue weighted by Gasteiger charge is -2.11. The third-order valence-corrected chi connectivity index (χ3v) is 6.15. The molecule has 28 heavy (non-hydrogen) atoms. The van der Waals surface area contributed by atoms with Crippen molar-refractivity contribution in [2.75, 3.05) is 12.4 Å². The summed E-state index contributed by atoms with van der Waals surface area (Å²) in [5.74, 6) is -0.773. The molecule has 146 valence electrons. The number of rotatable bonds is 7. The van der Waals surface area contributed by atoms with Crippen LogP contribution in [0.5, 0.6) is 5.75 Å². The maximum atomic E-state index is 13.2. The molecular formula is C19H17FN2O4S2. The summed E-state index contributed by atoms with van der Waals surface area (Å²) < 4.78 is 45.5. The van der Waals surface area contributed by atoms with Crippen LogP contribution in [0.15, 0.2) is 64.9 Å². The molecule has 6 nitrogen and oxygen atoms in total. The number of methoxy groups -OCH3 is 1. The zero-order valence-corrected chi connectivity index (χ0v) is 16.4. The number of halogens is 1. The number of hydrogen-bond acceptors (Lipinski definition) is 5. The number of hydrogen-bond donors (Lipinski definition) is 2. The average molecular weight is 420 g/mol. The van der Waals surface area contributed by atoms with E-state index in [9.17, 15) is 17.6 Å². The van der Waals surface area contributed by atoms with Gasteiger partial charge in [0.1, 0.15) is 11.6 Å². The minimum atomic E-state index is -3.69. The fourth-order valence-electron chi connectivity index (χ4n) is 2.41. The van der Waals surface area contributed by atoms with Gasteiger partial charge in [-0.25, -0.2) is 17.5 Å². The molecule has 1 heterocycles. The highest BCUT2D eigenvalue weighted by atomic mass is 32.2. The molecule has 3 rings (SSSR count). The topological polar surface area (TPSA) is 84.5 Å². The molecule has 0 atom stereocenters. The normalized spacial score (nSPS) is 11.2. The van der Waals surface area contributed by atoms with E-state index in [0.29, 0.717) is 5.69 Å². The molecule has 0 spiro atoms. The van der Waals surface area contributed by atoms with Crippen molar-refractivity contribution in [1.82, 2.24) is 4.72 Å². The molecule has 2 N–H and O–H groups in total. The van der Waals surface area contributed by atoms with E-state index < -0.39 is 21.7 Å². The van der Waals surface area contributed by atoms with Gasteiger partial charge in [-0.15, -0.1) is 11.3 Å². The second-order valence-corrected chi connectivity index (χ2v) is 8.53. The monoisotopic (exact) mass is 420 g/mol. The number of carbonyl (C=O) groups is 1. The number of nitrogens with one attached hydrogen (secondary N) is 2. The first-order chi connectivity index (χ1) is 13.4. The number of anilines is 1. The van der Waals surface area contributed by atoms with Gasteiger partial charge in [-0.05, 0) is 47.8 Å². The third-order valence-electron chi connectivity index (χ3n) is 3.86. The molecule has 0 fully saturated rings. The highest BCUT2D eigenvalue weighted by Gasteiger charge is 2.16. The predicted octanol–water partition coefficient (Wildman–Crippen LogP) is 3.63. The fourth-order valence-corrected chi connectivity index (χ4v) is 4.15. The summed E-state index contributed by atoms with van der Waals surface area (Å²) in [6.07, 6.45) is 0. The first-order valence-corrected chi connectivity index (χ1v) is 10.5. The summed E-state index contributed by atoms with van der Waals surface area (Å²) in [5, 5.41) is 4.48. The number of carbonyl (C=O) groups excluding carboxylic acids is 1. The first kappa shape index (κ1) is 20.0. The number of ether oxygens (including phenoxy) is 1. The van der Waals surface area contributed by atoms with Crippen LogP contribution in [0, 0.1) is 5.82 Å². The minimum absolute atomic E-state index is 0.0555. The van der Waals surface area contributed by atoms with Gasteiger partial charge in [0.25, 0.3) is 5.91 Å². The molecule has 1 amide bonds. The van der Waals surface area contributed by atoms with Crippen molar-refractivity contribution >= 4 is 33.0 Å². The molecule has 0 radical (unpaired) electrons. The molecule has 0 saturated carbocycles. The highest BCUT2D eigenvalue weighted by Crippen LogP contribution is 2.25. The molecule has 3 aromatic rings. The van der Waals surface area contributed by atoms with Gasteiger partial charge < -0.3 is 10.1 Å². The number of sulfonamides is 1. The van der Waals surface area contributed by atoms with Crippen molar-refractivity contribution in [3.63, 3.8) is 0 Å². The molecule has 0 aliphatic rings. The van der Waals surface area contributed by atoms with Crippen molar-refractivity contribution in [3.8, 4) is 5.75 Å². The van der Waals surface area contributed by atoms with E-state index in [0.717, 1.165) is 10.9 Å². The van der Waals surface area contributed by atoms with E-state index in [1.165, 1.54) is 54.8 Å². The third kappa shape index (κ3) is 4.75. The van der Waals surface area contributed by atoms with Crippen LogP contribution in [-0.4, -0.2) is 21.4 Å². The van der Waals surface area contributed by atoms with Crippen LogP contribution >= 0.6 is 11.3 Å². The Morgan fingerprint density at radius 3 is 2.54 bits per heavy atom. The van der Waals surface area contributed by atoms with Gasteiger partial charge >= 0.3 is 0 Å². The maximum absolute atomic E-state index is 13.2. The molecule has 0 aliphatic carbocycles. The van der Waals surface area contributed by atoms with Gasteiger partial charge in [0.05, 0.1) is 17.7 Å². The summed E-state index contributed by atoms with van der Waals surface area (Å²) in [6.45, 7) is 0.201. The Kier molecular flexibility index (Phi) is 6.08. The Morgan fingerprint density at radius 1 is 1.14 bits per heavy atom. The Balaban J connectivity index is 1.70. The summed E-state index contributed by atoms with van der Waals surface area (Å²) in [4.78, 5) is 13.3. The van der Waals surface area contributed by atoms with Gasteiger partial charge in [-0.1, -0.05) is 6.07 Å². The SMILES string of the molecule is COc1cc(F)ccc1NC(=O)c1ccc(S(=O)(=O)NCc2cccs2)cc1. The van der Waals surface area contributed by atoms with Crippen LogP contribution in [0.4, 0.5) is 10.1 Å².